The van der Waals surface area contributed by atoms with E-state index in [-0.39, 0.29) is 22.3 Å². The number of anilines is 3. The topological polar surface area (TPSA) is 109 Å². The SMILES string of the molecule is CC(Nc1cc(=O)n(CC2CCCCC2)c2c(Nc3ccnc(Cl)c3C#N)cccc12)c1ncccn1. The lowest BCUT2D eigenvalue weighted by Crippen LogP contribution is -2.26. The first-order chi connectivity index (χ1) is 18.0. The number of para-hydroxylation sites is 1. The Labute approximate surface area is 220 Å². The molecule has 37 heavy (non-hydrogen) atoms. The highest BCUT2D eigenvalue weighted by molar-refractivity contribution is 6.31. The second-order valence-electron chi connectivity index (χ2n) is 9.45. The van der Waals surface area contributed by atoms with Crippen LogP contribution in [0.4, 0.5) is 17.1 Å². The Bertz CT molecular complexity index is 1510. The van der Waals surface area contributed by atoms with Gasteiger partial charge < -0.3 is 15.2 Å². The molecule has 4 aromatic rings. The van der Waals surface area contributed by atoms with Crippen LogP contribution < -0.4 is 16.2 Å². The summed E-state index contributed by atoms with van der Waals surface area (Å²) in [5, 5.41) is 17.5. The van der Waals surface area contributed by atoms with Gasteiger partial charge in [0.05, 0.1) is 22.9 Å². The van der Waals surface area contributed by atoms with Crippen LogP contribution in [0.1, 0.15) is 56.5 Å². The third-order valence-corrected chi connectivity index (χ3v) is 7.21. The molecule has 1 saturated carbocycles. The summed E-state index contributed by atoms with van der Waals surface area (Å²) in [6.07, 6.45) is 10.8. The van der Waals surface area contributed by atoms with E-state index in [4.69, 9.17) is 11.6 Å². The van der Waals surface area contributed by atoms with Gasteiger partial charge in [0.2, 0.25) is 0 Å². The Morgan fingerprint density at radius 3 is 2.59 bits per heavy atom. The van der Waals surface area contributed by atoms with Crippen LogP contribution in [-0.4, -0.2) is 19.5 Å². The van der Waals surface area contributed by atoms with Gasteiger partial charge in [-0.2, -0.15) is 5.26 Å². The number of pyridine rings is 2. The minimum absolute atomic E-state index is 0.0794. The summed E-state index contributed by atoms with van der Waals surface area (Å²) in [5.41, 5.74) is 2.92. The van der Waals surface area contributed by atoms with Crippen molar-refractivity contribution >= 4 is 39.6 Å². The fraction of sp³-hybridized carbons (Fsp3) is 0.321. The highest BCUT2D eigenvalue weighted by Crippen LogP contribution is 2.34. The molecule has 0 saturated heterocycles. The third kappa shape index (κ3) is 5.27. The van der Waals surface area contributed by atoms with Gasteiger partial charge >= 0.3 is 0 Å². The zero-order valence-corrected chi connectivity index (χ0v) is 21.4. The van der Waals surface area contributed by atoms with E-state index < -0.39 is 0 Å². The molecule has 188 valence electrons. The van der Waals surface area contributed by atoms with Gasteiger partial charge in [-0.15, -0.1) is 0 Å². The predicted octanol–water partition coefficient (Wildman–Crippen LogP) is 6.21. The van der Waals surface area contributed by atoms with E-state index in [0.29, 0.717) is 29.7 Å². The number of nitrogens with one attached hydrogen (secondary N) is 2. The Morgan fingerprint density at radius 2 is 1.84 bits per heavy atom. The van der Waals surface area contributed by atoms with E-state index in [1.54, 1.807) is 36.8 Å². The average Bonchev–Trinajstić information content (AvgIpc) is 2.92. The van der Waals surface area contributed by atoms with Crippen LogP contribution in [0.3, 0.4) is 0 Å². The standard InChI is InChI=1S/C28H28ClN7O/c1-18(28-32-12-6-13-33-28)34-24-15-25(37)36(17-19-7-3-2-4-8-19)26-20(24)9-5-10-23(26)35-22-11-14-31-27(29)21(22)16-30/h5-6,9-15,18-19,34H,2-4,7-8,17H2,1H3,(H,31,35). The Balaban J connectivity index is 1.64. The maximum atomic E-state index is 13.6. The van der Waals surface area contributed by atoms with Crippen molar-refractivity contribution in [3.63, 3.8) is 0 Å². The maximum Gasteiger partial charge on any atom is 0.253 e. The molecule has 8 nitrogen and oxygen atoms in total. The summed E-state index contributed by atoms with van der Waals surface area (Å²) in [6.45, 7) is 2.61. The number of benzene rings is 1. The molecule has 1 aromatic carbocycles. The van der Waals surface area contributed by atoms with Gasteiger partial charge in [0, 0.05) is 42.3 Å². The molecule has 1 aliphatic carbocycles. The number of fused-ring (bicyclic) bond motifs is 1. The minimum Gasteiger partial charge on any atom is -0.375 e. The normalized spacial score (nSPS) is 14.7. The van der Waals surface area contributed by atoms with Crippen molar-refractivity contribution < 1.29 is 0 Å². The molecule has 3 heterocycles. The molecular formula is C28H28ClN7O. The van der Waals surface area contributed by atoms with Gasteiger partial charge in [-0.25, -0.2) is 15.0 Å². The molecule has 0 spiro atoms. The van der Waals surface area contributed by atoms with Crippen molar-refractivity contribution in [2.24, 2.45) is 5.92 Å². The van der Waals surface area contributed by atoms with Gasteiger partial charge in [-0.05, 0) is 43.9 Å². The van der Waals surface area contributed by atoms with Crippen LogP contribution >= 0.6 is 11.6 Å². The maximum absolute atomic E-state index is 13.6. The van der Waals surface area contributed by atoms with E-state index in [1.165, 1.54) is 19.3 Å². The summed E-state index contributed by atoms with van der Waals surface area (Å²) in [7, 11) is 0. The first kappa shape index (κ1) is 24.7. The van der Waals surface area contributed by atoms with Gasteiger partial charge in [0.25, 0.3) is 5.56 Å². The van der Waals surface area contributed by atoms with E-state index in [2.05, 4.69) is 31.7 Å². The first-order valence-corrected chi connectivity index (χ1v) is 12.9. The molecule has 1 atom stereocenters. The Hall–Kier alpha value is -3.96. The number of rotatable bonds is 7. The molecular weight excluding hydrogens is 486 g/mol. The number of nitrogens with zero attached hydrogens (tertiary/aromatic N) is 5. The Kier molecular flexibility index (Phi) is 7.33. The molecule has 3 aromatic heterocycles. The number of aromatic nitrogens is 4. The lowest BCUT2D eigenvalue weighted by atomic mass is 9.89. The van der Waals surface area contributed by atoms with Gasteiger partial charge in [0.1, 0.15) is 22.6 Å². The van der Waals surface area contributed by atoms with Crippen molar-refractivity contribution in [3.8, 4) is 6.07 Å². The quantitative estimate of drug-likeness (QED) is 0.283. The minimum atomic E-state index is -0.209. The predicted molar refractivity (Wildman–Crippen MR) is 146 cm³/mol. The molecule has 0 aliphatic heterocycles. The summed E-state index contributed by atoms with van der Waals surface area (Å²) in [4.78, 5) is 26.3. The molecule has 9 heteroatoms. The van der Waals surface area contributed by atoms with E-state index in [1.807, 2.05) is 29.7 Å². The molecule has 1 unspecified atom stereocenters. The molecule has 2 N–H and O–H groups in total. The monoisotopic (exact) mass is 513 g/mol. The highest BCUT2D eigenvalue weighted by atomic mass is 35.5. The summed E-state index contributed by atoms with van der Waals surface area (Å²) < 4.78 is 1.87. The first-order valence-electron chi connectivity index (χ1n) is 12.6. The summed E-state index contributed by atoms with van der Waals surface area (Å²) in [6, 6.07) is 12.9. The molecule has 1 aliphatic rings. The van der Waals surface area contributed by atoms with Crippen LogP contribution in [0.25, 0.3) is 10.9 Å². The number of nitriles is 1. The second-order valence-corrected chi connectivity index (χ2v) is 9.80. The molecule has 0 bridgehead atoms. The molecule has 1 fully saturated rings. The number of halogens is 1. The van der Waals surface area contributed by atoms with Crippen LogP contribution in [0.15, 0.2) is 59.8 Å². The van der Waals surface area contributed by atoms with Crippen molar-refractivity contribution in [3.05, 3.63) is 81.9 Å². The fourth-order valence-corrected chi connectivity index (χ4v) is 5.29. The van der Waals surface area contributed by atoms with Gasteiger partial charge in [0.15, 0.2) is 0 Å². The number of hydrogen-bond donors (Lipinski definition) is 2. The zero-order chi connectivity index (χ0) is 25.8. The van der Waals surface area contributed by atoms with Gasteiger partial charge in [-0.1, -0.05) is 43.0 Å². The van der Waals surface area contributed by atoms with Crippen LogP contribution in [0.5, 0.6) is 0 Å². The fourth-order valence-electron chi connectivity index (χ4n) is 5.09. The second kappa shape index (κ2) is 11.0. The average molecular weight is 514 g/mol. The van der Waals surface area contributed by atoms with Crippen molar-refractivity contribution in [1.29, 1.82) is 5.26 Å². The van der Waals surface area contributed by atoms with E-state index >= 15 is 0 Å². The van der Waals surface area contributed by atoms with Crippen molar-refractivity contribution in [2.45, 2.75) is 51.6 Å². The lowest BCUT2D eigenvalue weighted by Gasteiger charge is -2.25. The van der Waals surface area contributed by atoms with Crippen LogP contribution in [0.2, 0.25) is 5.15 Å². The third-order valence-electron chi connectivity index (χ3n) is 6.93. The van der Waals surface area contributed by atoms with Crippen molar-refractivity contribution in [1.82, 2.24) is 19.5 Å². The molecule has 0 amide bonds. The summed E-state index contributed by atoms with van der Waals surface area (Å²) in [5.74, 6) is 1.09. The lowest BCUT2D eigenvalue weighted by molar-refractivity contribution is 0.320. The summed E-state index contributed by atoms with van der Waals surface area (Å²) >= 11 is 6.19. The van der Waals surface area contributed by atoms with E-state index in [9.17, 15) is 10.1 Å². The van der Waals surface area contributed by atoms with Crippen molar-refractivity contribution in [2.75, 3.05) is 10.6 Å². The Morgan fingerprint density at radius 1 is 1.05 bits per heavy atom. The largest absolute Gasteiger partial charge is 0.375 e. The highest BCUT2D eigenvalue weighted by Gasteiger charge is 2.20. The molecule has 5 rings (SSSR count). The molecule has 0 radical (unpaired) electrons. The zero-order valence-electron chi connectivity index (χ0n) is 20.6. The number of hydrogen-bond acceptors (Lipinski definition) is 7. The smallest absolute Gasteiger partial charge is 0.253 e. The van der Waals surface area contributed by atoms with Crippen LogP contribution in [0, 0.1) is 17.2 Å². The van der Waals surface area contributed by atoms with Gasteiger partial charge in [-0.3, -0.25) is 4.79 Å². The van der Waals surface area contributed by atoms with E-state index in [0.717, 1.165) is 29.4 Å². The van der Waals surface area contributed by atoms with Crippen LogP contribution in [-0.2, 0) is 6.54 Å².